The van der Waals surface area contributed by atoms with Crippen LogP contribution in [0.25, 0.3) is 11.1 Å². The van der Waals surface area contributed by atoms with E-state index in [4.69, 9.17) is 25.8 Å². The van der Waals surface area contributed by atoms with Crippen molar-refractivity contribution < 1.29 is 23.4 Å². The number of hydrogen-bond donors (Lipinski definition) is 1. The van der Waals surface area contributed by atoms with Gasteiger partial charge in [-0.3, -0.25) is 9.78 Å². The number of alkyl halides is 1. The van der Waals surface area contributed by atoms with Gasteiger partial charge in [0.1, 0.15) is 47.5 Å². The molecule has 2 atom stereocenters. The zero-order valence-corrected chi connectivity index (χ0v) is 32.6. The summed E-state index contributed by atoms with van der Waals surface area (Å²) in [4.78, 5) is 18.3. The minimum absolute atomic E-state index is 0.189. The van der Waals surface area contributed by atoms with Crippen LogP contribution in [0.3, 0.4) is 0 Å². The summed E-state index contributed by atoms with van der Waals surface area (Å²) in [6.07, 6.45) is 8.99. The maximum atomic E-state index is 14.2. The average molecular weight is 765 g/mol. The highest BCUT2D eigenvalue weighted by molar-refractivity contribution is 6.32. The fourth-order valence-corrected chi connectivity index (χ4v) is 8.35. The Labute approximate surface area is 329 Å². The number of carbonyl (C=O) groups excluding carboxylic acids is 1. The van der Waals surface area contributed by atoms with Gasteiger partial charge in [0.15, 0.2) is 0 Å². The molecule has 1 saturated carbocycles. The van der Waals surface area contributed by atoms with Crippen molar-refractivity contribution in [3.8, 4) is 34.4 Å². The molecule has 0 unspecified atom stereocenters. The largest absolute Gasteiger partial charge is 0.493 e. The Balaban J connectivity index is 1.04. The van der Waals surface area contributed by atoms with Crippen LogP contribution in [0.4, 0.5) is 4.39 Å². The predicted octanol–water partition coefficient (Wildman–Crippen LogP) is 9.28. The van der Waals surface area contributed by atoms with Gasteiger partial charge in [0.05, 0.1) is 17.2 Å². The van der Waals surface area contributed by atoms with Crippen molar-refractivity contribution in [1.82, 2.24) is 15.2 Å². The number of benzene rings is 3. The highest BCUT2D eigenvalue weighted by atomic mass is 35.5. The summed E-state index contributed by atoms with van der Waals surface area (Å²) in [6, 6.07) is 20.4. The molecule has 3 aromatic carbocycles. The van der Waals surface area contributed by atoms with E-state index in [-0.39, 0.29) is 12.7 Å². The molecule has 1 N–H and O–H groups in total. The summed E-state index contributed by atoms with van der Waals surface area (Å²) in [6.45, 7) is 8.45. The fourth-order valence-electron chi connectivity index (χ4n) is 8.12. The van der Waals surface area contributed by atoms with Gasteiger partial charge in [-0.2, -0.15) is 5.26 Å². The van der Waals surface area contributed by atoms with Crippen LogP contribution in [-0.2, 0) is 24.4 Å². The lowest BCUT2D eigenvalue weighted by atomic mass is 9.93. The maximum absolute atomic E-state index is 14.2. The van der Waals surface area contributed by atoms with Gasteiger partial charge in [0.25, 0.3) is 0 Å². The Morgan fingerprint density at radius 1 is 1.02 bits per heavy atom. The van der Waals surface area contributed by atoms with E-state index in [9.17, 15) is 14.4 Å². The molecule has 0 spiro atoms. The van der Waals surface area contributed by atoms with E-state index in [1.807, 2.05) is 18.2 Å². The summed E-state index contributed by atoms with van der Waals surface area (Å²) in [5.41, 5.74) is 6.95. The van der Waals surface area contributed by atoms with Crippen molar-refractivity contribution in [3.05, 3.63) is 105 Å². The number of rotatable bonds is 15. The number of Topliss-reactive ketones (excluding diaryl/α,β-unsaturated/α-hetero) is 1. The van der Waals surface area contributed by atoms with Crippen molar-refractivity contribution >= 4 is 17.4 Å². The summed E-state index contributed by atoms with van der Waals surface area (Å²) in [5, 5.41) is 13.4. The molecule has 2 heterocycles. The molecular weight excluding hydrogens is 715 g/mol. The third-order valence-electron chi connectivity index (χ3n) is 11.4. The number of carbonyl (C=O) groups is 1. The number of aromatic nitrogens is 1. The van der Waals surface area contributed by atoms with Gasteiger partial charge in [-0.05, 0) is 111 Å². The lowest BCUT2D eigenvalue weighted by Gasteiger charge is -2.34. The first-order valence-electron chi connectivity index (χ1n) is 19.6. The number of fused-ring (bicyclic) bond motifs is 1. The SMILES string of the molecule is Cc1c(OCCCN2CCC(C)(F)CC2)cccc1-c1cccc2c1CC[C@@H]2Oc1cc(OCc2cncc(C#N)c2)c(CNC[C@H]2CCC(=O)C2)cc1Cl. The molecule has 1 saturated heterocycles. The Morgan fingerprint density at radius 3 is 2.64 bits per heavy atom. The molecule has 7 rings (SSSR count). The third-order valence-corrected chi connectivity index (χ3v) is 11.7. The van der Waals surface area contributed by atoms with Gasteiger partial charge in [0, 0.05) is 68.6 Å². The second-order valence-corrected chi connectivity index (χ2v) is 16.0. The summed E-state index contributed by atoms with van der Waals surface area (Å²) in [5.74, 6) is 2.74. The van der Waals surface area contributed by atoms with Gasteiger partial charge in [-0.15, -0.1) is 0 Å². The van der Waals surface area contributed by atoms with E-state index < -0.39 is 5.67 Å². The summed E-state index contributed by atoms with van der Waals surface area (Å²) in [7, 11) is 0. The van der Waals surface area contributed by atoms with E-state index in [1.165, 1.54) is 17.3 Å². The fraction of sp³-hybridized carbons (Fsp3) is 0.444. The first-order chi connectivity index (χ1) is 26.7. The molecule has 0 radical (unpaired) electrons. The average Bonchev–Trinajstić information content (AvgIpc) is 3.80. The second-order valence-electron chi connectivity index (χ2n) is 15.6. The van der Waals surface area contributed by atoms with Crippen LogP contribution < -0.4 is 19.5 Å². The van der Waals surface area contributed by atoms with Crippen molar-refractivity contribution in [2.45, 2.75) is 90.1 Å². The molecule has 1 aromatic heterocycles. The molecule has 10 heteroatoms. The van der Waals surface area contributed by atoms with Crippen LogP contribution in [-0.4, -0.2) is 54.1 Å². The monoisotopic (exact) mass is 764 g/mol. The van der Waals surface area contributed by atoms with E-state index in [0.717, 1.165) is 85.4 Å². The van der Waals surface area contributed by atoms with Crippen LogP contribution in [0.2, 0.25) is 5.02 Å². The van der Waals surface area contributed by atoms with Crippen LogP contribution in [0.1, 0.15) is 91.4 Å². The first kappa shape index (κ1) is 38.8. The minimum atomic E-state index is -1.03. The Kier molecular flexibility index (Phi) is 12.4. The number of nitrogens with zero attached hydrogens (tertiary/aromatic N) is 3. The standard InChI is InChI=1S/C45H50ClFN4O4/c1-30-36(6-4-9-41(30)53-19-5-16-51-17-14-45(2,47)15-18-51)37-7-3-8-39-38(37)12-13-42(39)55-44-23-43(54-29-33-20-32(24-48)26-49-27-33)34(22-40(44)46)28-50-25-31-10-11-35(52)21-31/h3-4,6-9,20,22-23,26-27,31,42,50H,5,10-19,21,25,28-29H2,1-2H3/t31-,42-/m0/s1. The molecule has 2 fully saturated rings. The van der Waals surface area contributed by atoms with Crippen molar-refractivity contribution in [2.75, 3.05) is 32.8 Å². The molecule has 2 aliphatic carbocycles. The Morgan fingerprint density at radius 2 is 1.84 bits per heavy atom. The van der Waals surface area contributed by atoms with Gasteiger partial charge >= 0.3 is 0 Å². The number of nitrogens with one attached hydrogen (secondary N) is 1. The van der Waals surface area contributed by atoms with Crippen LogP contribution >= 0.6 is 11.6 Å². The molecule has 3 aliphatic rings. The maximum Gasteiger partial charge on any atom is 0.142 e. The molecule has 55 heavy (non-hydrogen) atoms. The molecule has 8 nitrogen and oxygen atoms in total. The topological polar surface area (TPSA) is 96.7 Å². The quantitative estimate of drug-likeness (QED) is 0.120. The summed E-state index contributed by atoms with van der Waals surface area (Å²) < 4.78 is 33.6. The number of pyridine rings is 1. The number of nitriles is 1. The van der Waals surface area contributed by atoms with Crippen molar-refractivity contribution in [3.63, 3.8) is 0 Å². The number of halogens is 2. The highest BCUT2D eigenvalue weighted by Crippen LogP contribution is 2.44. The van der Waals surface area contributed by atoms with Gasteiger partial charge in [0.2, 0.25) is 0 Å². The Hall–Kier alpha value is -4.49. The van der Waals surface area contributed by atoms with E-state index >= 15 is 0 Å². The molecular formula is C45H50ClFN4O4. The van der Waals surface area contributed by atoms with Crippen molar-refractivity contribution in [2.24, 2.45) is 5.92 Å². The van der Waals surface area contributed by atoms with E-state index in [1.54, 1.807) is 19.2 Å². The van der Waals surface area contributed by atoms with Gasteiger partial charge in [-0.1, -0.05) is 41.9 Å². The number of likely N-dealkylation sites (tertiary alicyclic amines) is 1. The lowest BCUT2D eigenvalue weighted by molar-refractivity contribution is -0.117. The predicted molar refractivity (Wildman–Crippen MR) is 212 cm³/mol. The minimum Gasteiger partial charge on any atom is -0.493 e. The van der Waals surface area contributed by atoms with Crippen LogP contribution in [0.5, 0.6) is 17.2 Å². The lowest BCUT2D eigenvalue weighted by Crippen LogP contribution is -2.40. The zero-order chi connectivity index (χ0) is 38.4. The number of ether oxygens (including phenoxy) is 3. The smallest absolute Gasteiger partial charge is 0.142 e. The molecule has 0 bridgehead atoms. The Bertz CT molecular complexity index is 2040. The molecule has 288 valence electrons. The van der Waals surface area contributed by atoms with E-state index in [0.29, 0.717) is 72.6 Å². The number of ketones is 1. The van der Waals surface area contributed by atoms with Gasteiger partial charge in [-0.25, -0.2) is 4.39 Å². The third kappa shape index (κ3) is 9.67. The van der Waals surface area contributed by atoms with Gasteiger partial charge < -0.3 is 24.4 Å². The highest BCUT2D eigenvalue weighted by Gasteiger charge is 2.30. The zero-order valence-electron chi connectivity index (χ0n) is 31.8. The first-order valence-corrected chi connectivity index (χ1v) is 20.0. The van der Waals surface area contributed by atoms with Crippen LogP contribution in [0.15, 0.2) is 67.0 Å². The normalized spacial score (nSPS) is 19.2. The molecule has 1 aliphatic heterocycles. The van der Waals surface area contributed by atoms with Crippen LogP contribution in [0, 0.1) is 24.2 Å². The second kappa shape index (κ2) is 17.5. The summed E-state index contributed by atoms with van der Waals surface area (Å²) >= 11 is 6.93. The van der Waals surface area contributed by atoms with E-state index in [2.05, 4.69) is 58.5 Å². The number of hydrogen-bond acceptors (Lipinski definition) is 8. The van der Waals surface area contributed by atoms with Crippen molar-refractivity contribution in [1.29, 1.82) is 5.26 Å². The molecule has 0 amide bonds. The number of piperidine rings is 1. The molecule has 4 aromatic rings.